The van der Waals surface area contributed by atoms with E-state index in [1.165, 1.54) is 4.90 Å². The molecular formula is C16H17NO3S. The predicted octanol–water partition coefficient (Wildman–Crippen LogP) is 2.96. The Bertz CT molecular complexity index is 570. The van der Waals surface area contributed by atoms with Crippen LogP contribution in [0.3, 0.4) is 0 Å². The Balaban J connectivity index is 1.71. The van der Waals surface area contributed by atoms with Gasteiger partial charge in [-0.05, 0) is 50.0 Å². The fourth-order valence-electron chi connectivity index (χ4n) is 3.20. The molecule has 0 unspecified atom stereocenters. The van der Waals surface area contributed by atoms with Crippen molar-refractivity contribution in [1.29, 1.82) is 0 Å². The summed E-state index contributed by atoms with van der Waals surface area (Å²) in [6.07, 6.45) is 3.32. The summed E-state index contributed by atoms with van der Waals surface area (Å²) in [7, 11) is 0. The molecule has 2 aliphatic rings. The van der Waals surface area contributed by atoms with Gasteiger partial charge in [0.2, 0.25) is 0 Å². The number of carbonyl (C=O) groups is 2. The van der Waals surface area contributed by atoms with E-state index in [-0.39, 0.29) is 24.0 Å². The molecule has 5 heteroatoms. The summed E-state index contributed by atoms with van der Waals surface area (Å²) in [4.78, 5) is 26.3. The minimum atomic E-state index is -0.161. The largest absolute Gasteiger partial charge is 0.484 e. The molecule has 4 nitrogen and oxygen atoms in total. The van der Waals surface area contributed by atoms with Gasteiger partial charge in [-0.25, -0.2) is 0 Å². The van der Waals surface area contributed by atoms with Gasteiger partial charge in [0, 0.05) is 13.0 Å². The highest BCUT2D eigenvalue weighted by molar-refractivity contribution is 7.80. The van der Waals surface area contributed by atoms with Crippen LogP contribution in [0.2, 0.25) is 0 Å². The predicted molar refractivity (Wildman–Crippen MR) is 82.3 cm³/mol. The SMILES string of the molecule is CC(=S)OC1CCC(N2C(=O)c3ccccc3C2=O)CC1. The molecule has 3 rings (SSSR count). The van der Waals surface area contributed by atoms with Crippen LogP contribution in [0.1, 0.15) is 53.3 Å². The van der Waals surface area contributed by atoms with Crippen molar-refractivity contribution in [2.45, 2.75) is 44.8 Å². The number of carbonyl (C=O) groups excluding carboxylic acids is 2. The monoisotopic (exact) mass is 303 g/mol. The number of thiocarbonyl (C=S) groups is 1. The first kappa shape index (κ1) is 14.2. The van der Waals surface area contributed by atoms with Gasteiger partial charge in [-0.1, -0.05) is 12.1 Å². The van der Waals surface area contributed by atoms with Gasteiger partial charge in [-0.3, -0.25) is 14.5 Å². The van der Waals surface area contributed by atoms with E-state index in [4.69, 9.17) is 17.0 Å². The fraction of sp³-hybridized carbons (Fsp3) is 0.438. The van der Waals surface area contributed by atoms with Crippen LogP contribution in [-0.4, -0.2) is 33.9 Å². The Morgan fingerprint density at radius 3 is 2.10 bits per heavy atom. The van der Waals surface area contributed by atoms with Gasteiger partial charge in [-0.2, -0.15) is 0 Å². The highest BCUT2D eigenvalue weighted by Crippen LogP contribution is 2.31. The van der Waals surface area contributed by atoms with Crippen LogP contribution in [-0.2, 0) is 4.74 Å². The molecule has 0 saturated heterocycles. The molecule has 0 N–H and O–H groups in total. The molecule has 1 aliphatic heterocycles. The molecule has 0 bridgehead atoms. The lowest BCUT2D eigenvalue weighted by molar-refractivity contribution is 0.0469. The number of rotatable bonds is 2. The Labute approximate surface area is 129 Å². The third kappa shape index (κ3) is 2.58. The van der Waals surface area contributed by atoms with Gasteiger partial charge in [0.1, 0.15) is 0 Å². The molecule has 0 radical (unpaired) electrons. The van der Waals surface area contributed by atoms with E-state index in [9.17, 15) is 9.59 Å². The van der Waals surface area contributed by atoms with Crippen molar-refractivity contribution in [1.82, 2.24) is 4.90 Å². The lowest BCUT2D eigenvalue weighted by Crippen LogP contribution is -2.43. The van der Waals surface area contributed by atoms with Gasteiger partial charge >= 0.3 is 0 Å². The second-order valence-electron chi connectivity index (χ2n) is 5.57. The molecule has 0 aromatic heterocycles. The number of benzene rings is 1. The van der Waals surface area contributed by atoms with Crippen molar-refractivity contribution in [2.24, 2.45) is 0 Å². The molecule has 1 heterocycles. The lowest BCUT2D eigenvalue weighted by atomic mass is 9.92. The van der Waals surface area contributed by atoms with E-state index >= 15 is 0 Å². The van der Waals surface area contributed by atoms with Crippen molar-refractivity contribution in [3.8, 4) is 0 Å². The third-order valence-electron chi connectivity index (χ3n) is 4.17. The summed E-state index contributed by atoms with van der Waals surface area (Å²) in [5.74, 6) is -0.322. The summed E-state index contributed by atoms with van der Waals surface area (Å²) >= 11 is 4.96. The van der Waals surface area contributed by atoms with Gasteiger partial charge in [0.05, 0.1) is 17.2 Å². The van der Waals surface area contributed by atoms with E-state index in [0.717, 1.165) is 25.7 Å². The molecule has 1 aliphatic carbocycles. The van der Waals surface area contributed by atoms with E-state index in [1.807, 2.05) is 0 Å². The first-order chi connectivity index (χ1) is 10.1. The zero-order chi connectivity index (χ0) is 15.0. The quantitative estimate of drug-likeness (QED) is 0.622. The molecule has 0 atom stereocenters. The number of nitrogens with zero attached hydrogens (tertiary/aromatic N) is 1. The van der Waals surface area contributed by atoms with Crippen LogP contribution in [0.5, 0.6) is 0 Å². The zero-order valence-corrected chi connectivity index (χ0v) is 12.7. The zero-order valence-electron chi connectivity index (χ0n) is 11.9. The topological polar surface area (TPSA) is 46.6 Å². The molecule has 110 valence electrons. The number of fused-ring (bicyclic) bond motifs is 1. The standard InChI is InChI=1S/C16H17NO3S/c1-10(21)20-12-8-6-11(7-9-12)17-15(18)13-4-2-3-5-14(13)16(17)19/h2-5,11-12H,6-9H2,1H3. The summed E-state index contributed by atoms with van der Waals surface area (Å²) in [6, 6.07) is 7.00. The van der Waals surface area contributed by atoms with E-state index in [0.29, 0.717) is 16.2 Å². The summed E-state index contributed by atoms with van der Waals surface area (Å²) in [5, 5.41) is 0.555. The van der Waals surface area contributed by atoms with Crippen molar-refractivity contribution in [3.63, 3.8) is 0 Å². The summed E-state index contributed by atoms with van der Waals surface area (Å²) in [5.41, 5.74) is 1.05. The first-order valence-corrected chi connectivity index (χ1v) is 7.63. The van der Waals surface area contributed by atoms with Crippen molar-refractivity contribution < 1.29 is 14.3 Å². The van der Waals surface area contributed by atoms with Crippen LogP contribution in [0, 0.1) is 0 Å². The van der Waals surface area contributed by atoms with Crippen LogP contribution in [0.25, 0.3) is 0 Å². The van der Waals surface area contributed by atoms with Gasteiger partial charge in [0.15, 0.2) is 5.05 Å². The molecule has 1 aromatic rings. The van der Waals surface area contributed by atoms with Crippen molar-refractivity contribution in [3.05, 3.63) is 35.4 Å². The lowest BCUT2D eigenvalue weighted by Gasteiger charge is -2.33. The smallest absolute Gasteiger partial charge is 0.261 e. The van der Waals surface area contributed by atoms with Crippen LogP contribution < -0.4 is 0 Å². The second kappa shape index (κ2) is 5.56. The second-order valence-corrected chi connectivity index (χ2v) is 6.14. The van der Waals surface area contributed by atoms with Crippen LogP contribution in [0.4, 0.5) is 0 Å². The number of ether oxygens (including phenoxy) is 1. The van der Waals surface area contributed by atoms with Crippen LogP contribution in [0.15, 0.2) is 24.3 Å². The van der Waals surface area contributed by atoms with E-state index in [1.54, 1.807) is 31.2 Å². The minimum Gasteiger partial charge on any atom is -0.484 e. The first-order valence-electron chi connectivity index (χ1n) is 7.22. The minimum absolute atomic E-state index is 0.0253. The molecule has 2 amide bonds. The molecule has 21 heavy (non-hydrogen) atoms. The van der Waals surface area contributed by atoms with Gasteiger partial charge < -0.3 is 4.74 Å². The highest BCUT2D eigenvalue weighted by Gasteiger charge is 2.41. The Hall–Kier alpha value is -1.75. The Morgan fingerprint density at radius 2 is 1.62 bits per heavy atom. The Morgan fingerprint density at radius 1 is 1.10 bits per heavy atom. The van der Waals surface area contributed by atoms with Gasteiger partial charge in [-0.15, -0.1) is 0 Å². The average Bonchev–Trinajstić information content (AvgIpc) is 2.72. The maximum absolute atomic E-state index is 12.4. The normalized spacial score (nSPS) is 24.9. The van der Waals surface area contributed by atoms with E-state index < -0.39 is 0 Å². The van der Waals surface area contributed by atoms with Crippen LogP contribution >= 0.6 is 12.2 Å². The molecule has 1 saturated carbocycles. The maximum Gasteiger partial charge on any atom is 0.261 e. The third-order valence-corrected chi connectivity index (χ3v) is 4.26. The fourth-order valence-corrected chi connectivity index (χ4v) is 3.33. The molecule has 0 spiro atoms. The van der Waals surface area contributed by atoms with Crippen molar-refractivity contribution >= 4 is 29.1 Å². The number of amides is 2. The number of hydrogen-bond acceptors (Lipinski definition) is 4. The summed E-state index contributed by atoms with van der Waals surface area (Å²) in [6.45, 7) is 1.77. The Kier molecular flexibility index (Phi) is 3.76. The molecular weight excluding hydrogens is 286 g/mol. The number of hydrogen-bond donors (Lipinski definition) is 0. The molecule has 1 aromatic carbocycles. The van der Waals surface area contributed by atoms with Gasteiger partial charge in [0.25, 0.3) is 11.8 Å². The van der Waals surface area contributed by atoms with Crippen molar-refractivity contribution in [2.75, 3.05) is 0 Å². The summed E-state index contributed by atoms with van der Waals surface area (Å²) < 4.78 is 5.56. The highest BCUT2D eigenvalue weighted by atomic mass is 32.1. The number of imide groups is 1. The van der Waals surface area contributed by atoms with E-state index in [2.05, 4.69) is 0 Å². The maximum atomic E-state index is 12.4. The molecule has 1 fully saturated rings. The average molecular weight is 303 g/mol.